The van der Waals surface area contributed by atoms with E-state index >= 15 is 0 Å². The smallest absolute Gasteiger partial charge is 0.0580 e. The van der Waals surface area contributed by atoms with Gasteiger partial charge in [-0.25, -0.2) is 0 Å². The van der Waals surface area contributed by atoms with Gasteiger partial charge in [-0.2, -0.15) is 0 Å². The Kier molecular flexibility index (Phi) is 3.12. The van der Waals surface area contributed by atoms with Crippen LogP contribution in [0.15, 0.2) is 48.5 Å². The quantitative estimate of drug-likeness (QED) is 0.815. The second-order valence-electron chi connectivity index (χ2n) is 5.84. The topological polar surface area (TPSA) is 12.0 Å². The van der Waals surface area contributed by atoms with Gasteiger partial charge in [-0.1, -0.05) is 61.8 Å². The van der Waals surface area contributed by atoms with Gasteiger partial charge in [0.05, 0.1) is 6.04 Å². The molecule has 1 nitrogen and oxygen atoms in total. The largest absolute Gasteiger partial charge is 0.305 e. The van der Waals surface area contributed by atoms with E-state index in [4.69, 9.17) is 11.6 Å². The highest BCUT2D eigenvalue weighted by Crippen LogP contribution is 2.38. The highest BCUT2D eigenvalue weighted by atomic mass is 35.5. The molecule has 2 heteroatoms. The molecule has 3 rings (SSSR count). The van der Waals surface area contributed by atoms with Crippen molar-refractivity contribution < 1.29 is 0 Å². The lowest BCUT2D eigenvalue weighted by Crippen LogP contribution is -2.42. The fourth-order valence-corrected chi connectivity index (χ4v) is 3.07. The van der Waals surface area contributed by atoms with Crippen LogP contribution >= 0.6 is 11.6 Å². The molecule has 1 aliphatic rings. The van der Waals surface area contributed by atoms with Crippen molar-refractivity contribution >= 4 is 11.6 Å². The maximum Gasteiger partial charge on any atom is 0.0580 e. The van der Waals surface area contributed by atoms with E-state index in [1.54, 1.807) is 0 Å². The second-order valence-corrected chi connectivity index (χ2v) is 6.28. The zero-order chi connectivity index (χ0) is 13.5. The third kappa shape index (κ3) is 2.29. The van der Waals surface area contributed by atoms with Crippen LogP contribution in [-0.2, 0) is 5.41 Å². The van der Waals surface area contributed by atoms with E-state index in [0.29, 0.717) is 0 Å². The molecule has 0 saturated carbocycles. The third-order valence-electron chi connectivity index (χ3n) is 3.93. The zero-order valence-electron chi connectivity index (χ0n) is 11.3. The van der Waals surface area contributed by atoms with Crippen LogP contribution in [0, 0.1) is 0 Å². The molecule has 1 N–H and O–H groups in total. The first kappa shape index (κ1) is 12.7. The van der Waals surface area contributed by atoms with Crippen LogP contribution in [0.25, 0.3) is 0 Å². The summed E-state index contributed by atoms with van der Waals surface area (Å²) in [6.07, 6.45) is 0. The summed E-state index contributed by atoms with van der Waals surface area (Å²) in [4.78, 5) is 0. The number of halogens is 1. The molecule has 0 aliphatic carbocycles. The number of hydrogen-bond donors (Lipinski definition) is 1. The molecule has 0 saturated heterocycles. The molecule has 0 radical (unpaired) electrons. The molecular weight excluding hydrogens is 254 g/mol. The Hall–Kier alpha value is -1.31. The van der Waals surface area contributed by atoms with E-state index in [0.717, 1.165) is 11.6 Å². The van der Waals surface area contributed by atoms with Crippen LogP contribution < -0.4 is 5.32 Å². The van der Waals surface area contributed by atoms with Crippen LogP contribution in [0.1, 0.15) is 36.6 Å². The Morgan fingerprint density at radius 1 is 1.11 bits per heavy atom. The van der Waals surface area contributed by atoms with Crippen molar-refractivity contribution in [2.45, 2.75) is 25.3 Å². The van der Waals surface area contributed by atoms with Gasteiger partial charge in [0.25, 0.3) is 0 Å². The first-order chi connectivity index (χ1) is 9.08. The molecule has 0 spiro atoms. The lowest BCUT2D eigenvalue weighted by atomic mass is 9.75. The fourth-order valence-electron chi connectivity index (χ4n) is 2.89. The summed E-state index contributed by atoms with van der Waals surface area (Å²) in [5, 5.41) is 4.46. The number of fused-ring (bicyclic) bond motifs is 1. The van der Waals surface area contributed by atoms with E-state index in [9.17, 15) is 0 Å². The van der Waals surface area contributed by atoms with Crippen molar-refractivity contribution in [2.24, 2.45) is 0 Å². The van der Waals surface area contributed by atoms with Crippen LogP contribution in [0.5, 0.6) is 0 Å². The summed E-state index contributed by atoms with van der Waals surface area (Å²) in [6, 6.07) is 17.1. The Morgan fingerprint density at radius 3 is 2.58 bits per heavy atom. The van der Waals surface area contributed by atoms with Crippen LogP contribution in [0.3, 0.4) is 0 Å². The van der Waals surface area contributed by atoms with Gasteiger partial charge >= 0.3 is 0 Å². The summed E-state index contributed by atoms with van der Waals surface area (Å²) in [6.45, 7) is 5.52. The summed E-state index contributed by atoms with van der Waals surface area (Å²) >= 11 is 6.19. The van der Waals surface area contributed by atoms with Crippen molar-refractivity contribution in [3.63, 3.8) is 0 Å². The van der Waals surface area contributed by atoms with Gasteiger partial charge in [-0.3, -0.25) is 0 Å². The minimum Gasteiger partial charge on any atom is -0.305 e. The minimum atomic E-state index is 0.144. The molecule has 0 aromatic heterocycles. The molecule has 1 aliphatic heterocycles. The summed E-state index contributed by atoms with van der Waals surface area (Å²) < 4.78 is 0. The van der Waals surface area contributed by atoms with Crippen LogP contribution in [0.4, 0.5) is 0 Å². The highest BCUT2D eigenvalue weighted by molar-refractivity contribution is 6.30. The van der Waals surface area contributed by atoms with Gasteiger partial charge in [0, 0.05) is 17.0 Å². The number of nitrogens with one attached hydrogen (secondary N) is 1. The average Bonchev–Trinajstić information content (AvgIpc) is 2.39. The SMILES string of the molecule is CC1(C)CNC(c2ccccc2)c2cc(Cl)ccc21. The van der Waals surface area contributed by atoms with Crippen molar-refractivity contribution in [3.05, 3.63) is 70.2 Å². The summed E-state index contributed by atoms with van der Waals surface area (Å²) in [7, 11) is 0. The summed E-state index contributed by atoms with van der Waals surface area (Å²) in [5.74, 6) is 0. The molecule has 0 amide bonds. The molecule has 1 unspecified atom stereocenters. The van der Waals surface area contributed by atoms with E-state index in [1.165, 1.54) is 16.7 Å². The standard InChI is InChI=1S/C17H18ClN/c1-17(2)11-19-16(12-6-4-3-5-7-12)14-10-13(18)8-9-15(14)17/h3-10,16,19H,11H2,1-2H3. The van der Waals surface area contributed by atoms with E-state index < -0.39 is 0 Å². The van der Waals surface area contributed by atoms with Gasteiger partial charge in [-0.15, -0.1) is 0 Å². The van der Waals surface area contributed by atoms with Crippen molar-refractivity contribution in [1.82, 2.24) is 5.32 Å². The Balaban J connectivity index is 2.14. The molecule has 2 aromatic carbocycles. The Labute approximate surface area is 119 Å². The predicted octanol–water partition coefficient (Wildman–Crippen LogP) is 4.31. The van der Waals surface area contributed by atoms with E-state index in [-0.39, 0.29) is 11.5 Å². The van der Waals surface area contributed by atoms with Crippen LogP contribution in [0.2, 0.25) is 5.02 Å². The Bertz CT molecular complexity index is 589. The average molecular weight is 272 g/mol. The van der Waals surface area contributed by atoms with E-state index in [2.05, 4.69) is 61.6 Å². The molecule has 1 heterocycles. The third-order valence-corrected chi connectivity index (χ3v) is 4.17. The van der Waals surface area contributed by atoms with Crippen molar-refractivity contribution in [3.8, 4) is 0 Å². The van der Waals surface area contributed by atoms with Gasteiger partial charge in [0.1, 0.15) is 0 Å². The van der Waals surface area contributed by atoms with Crippen molar-refractivity contribution in [1.29, 1.82) is 0 Å². The first-order valence-corrected chi connectivity index (χ1v) is 7.04. The molecular formula is C17H18ClN. The van der Waals surface area contributed by atoms with Gasteiger partial charge in [-0.05, 0) is 28.8 Å². The van der Waals surface area contributed by atoms with Crippen LogP contribution in [-0.4, -0.2) is 6.54 Å². The molecule has 98 valence electrons. The maximum atomic E-state index is 6.19. The summed E-state index contributed by atoms with van der Waals surface area (Å²) in [5.41, 5.74) is 4.13. The zero-order valence-corrected chi connectivity index (χ0v) is 12.0. The molecule has 2 aromatic rings. The number of benzene rings is 2. The minimum absolute atomic E-state index is 0.144. The lowest BCUT2D eigenvalue weighted by molar-refractivity contribution is 0.407. The van der Waals surface area contributed by atoms with Gasteiger partial charge in [0.2, 0.25) is 0 Å². The monoisotopic (exact) mass is 271 g/mol. The number of rotatable bonds is 1. The first-order valence-electron chi connectivity index (χ1n) is 6.66. The van der Waals surface area contributed by atoms with Crippen molar-refractivity contribution in [2.75, 3.05) is 6.54 Å². The highest BCUT2D eigenvalue weighted by Gasteiger charge is 2.32. The molecule has 0 fully saturated rings. The molecule has 1 atom stereocenters. The lowest BCUT2D eigenvalue weighted by Gasteiger charge is -2.38. The van der Waals surface area contributed by atoms with Gasteiger partial charge in [0.15, 0.2) is 0 Å². The normalized spacial score (nSPS) is 20.9. The molecule has 19 heavy (non-hydrogen) atoms. The fraction of sp³-hybridized carbons (Fsp3) is 0.294. The number of hydrogen-bond acceptors (Lipinski definition) is 1. The van der Waals surface area contributed by atoms with E-state index in [1.807, 2.05) is 6.07 Å². The van der Waals surface area contributed by atoms with Gasteiger partial charge < -0.3 is 5.32 Å². The Morgan fingerprint density at radius 2 is 1.84 bits per heavy atom. The maximum absolute atomic E-state index is 6.19. The molecule has 0 bridgehead atoms. The second kappa shape index (κ2) is 4.66. The predicted molar refractivity (Wildman–Crippen MR) is 80.8 cm³/mol.